The van der Waals surface area contributed by atoms with Gasteiger partial charge < -0.3 is 0 Å². The molecule has 0 aliphatic rings. The van der Waals surface area contributed by atoms with E-state index >= 15 is 0 Å². The van der Waals surface area contributed by atoms with Gasteiger partial charge in [-0.25, -0.2) is 9.79 Å². The summed E-state index contributed by atoms with van der Waals surface area (Å²) in [5.74, 6) is 1.32. The highest BCUT2D eigenvalue weighted by Gasteiger charge is 2.01. The van der Waals surface area contributed by atoms with Crippen molar-refractivity contribution in [3.63, 3.8) is 0 Å². The topological polar surface area (TPSA) is 29.4 Å². The van der Waals surface area contributed by atoms with Crippen molar-refractivity contribution >= 4 is 6.08 Å². The number of hydrogen-bond donors (Lipinski definition) is 0. The molecule has 0 rings (SSSR count). The maximum atomic E-state index is 9.80. The van der Waals surface area contributed by atoms with Crippen LogP contribution in [0.25, 0.3) is 0 Å². The van der Waals surface area contributed by atoms with E-state index in [2.05, 4.69) is 25.8 Å². The van der Waals surface area contributed by atoms with Crippen molar-refractivity contribution in [3.05, 3.63) is 0 Å². The van der Waals surface area contributed by atoms with Crippen LogP contribution in [0.15, 0.2) is 4.99 Å². The summed E-state index contributed by atoms with van der Waals surface area (Å²) in [7, 11) is 0. The van der Waals surface area contributed by atoms with Crippen LogP contribution in [0, 0.1) is 11.8 Å². The van der Waals surface area contributed by atoms with E-state index in [4.69, 9.17) is 0 Å². The van der Waals surface area contributed by atoms with E-state index in [1.54, 1.807) is 6.08 Å². The van der Waals surface area contributed by atoms with Gasteiger partial charge in [-0.2, -0.15) is 0 Å². The average Bonchev–Trinajstić information content (AvgIpc) is 2.00. The zero-order valence-corrected chi connectivity index (χ0v) is 8.34. The van der Waals surface area contributed by atoms with Crippen LogP contribution in [0.5, 0.6) is 0 Å². The molecule has 2 nitrogen and oxygen atoms in total. The molecule has 1 atom stereocenters. The number of carbonyl (C=O) groups excluding carboxylic acids is 1. The summed E-state index contributed by atoms with van der Waals surface area (Å²) in [5.41, 5.74) is 0. The van der Waals surface area contributed by atoms with Gasteiger partial charge >= 0.3 is 0 Å². The minimum absolute atomic E-state index is 0.533. The Balaban J connectivity index is 3.30. The summed E-state index contributed by atoms with van der Waals surface area (Å²) in [6, 6.07) is 0. The molecule has 2 heteroatoms. The first kappa shape index (κ1) is 11.4. The Kier molecular flexibility index (Phi) is 6.69. The van der Waals surface area contributed by atoms with Crippen LogP contribution in [0.2, 0.25) is 0 Å². The van der Waals surface area contributed by atoms with E-state index in [9.17, 15) is 4.79 Å². The first-order chi connectivity index (χ1) is 5.66. The van der Waals surface area contributed by atoms with Gasteiger partial charge in [-0.3, -0.25) is 0 Å². The van der Waals surface area contributed by atoms with Gasteiger partial charge in [0.15, 0.2) is 0 Å². The first-order valence-corrected chi connectivity index (χ1v) is 4.70. The van der Waals surface area contributed by atoms with Gasteiger partial charge in [0.1, 0.15) is 0 Å². The molecule has 0 radical (unpaired) electrons. The van der Waals surface area contributed by atoms with Gasteiger partial charge in [-0.15, -0.1) is 0 Å². The first-order valence-electron chi connectivity index (χ1n) is 4.70. The number of nitrogens with zero attached hydrogens (tertiary/aromatic N) is 1. The van der Waals surface area contributed by atoms with Crippen molar-refractivity contribution in [2.45, 2.75) is 40.0 Å². The molecule has 0 saturated carbocycles. The molecule has 0 bridgehead atoms. The van der Waals surface area contributed by atoms with Crippen LogP contribution in [0.4, 0.5) is 0 Å². The largest absolute Gasteiger partial charge is 0.234 e. The zero-order chi connectivity index (χ0) is 9.40. The quantitative estimate of drug-likeness (QED) is 0.444. The average molecular weight is 169 g/mol. The molecule has 0 N–H and O–H groups in total. The van der Waals surface area contributed by atoms with E-state index in [0.29, 0.717) is 12.5 Å². The third-order valence-electron chi connectivity index (χ3n) is 1.95. The molecule has 0 aromatic carbocycles. The lowest BCUT2D eigenvalue weighted by Crippen LogP contribution is -2.00. The number of isocyanates is 1. The molecule has 12 heavy (non-hydrogen) atoms. The summed E-state index contributed by atoms with van der Waals surface area (Å²) in [6.45, 7) is 7.23. The summed E-state index contributed by atoms with van der Waals surface area (Å²) >= 11 is 0. The van der Waals surface area contributed by atoms with Crippen molar-refractivity contribution < 1.29 is 4.79 Å². The molecule has 0 aromatic heterocycles. The fraction of sp³-hybridized carbons (Fsp3) is 0.900. The fourth-order valence-electron chi connectivity index (χ4n) is 1.16. The predicted octanol–water partition coefficient (Wildman–Crippen LogP) is 2.78. The highest BCUT2D eigenvalue weighted by molar-refractivity contribution is 5.32. The van der Waals surface area contributed by atoms with E-state index in [-0.39, 0.29) is 0 Å². The maximum Gasteiger partial charge on any atom is 0.234 e. The Labute approximate surface area is 75.1 Å². The van der Waals surface area contributed by atoms with E-state index in [1.807, 2.05) is 0 Å². The lowest BCUT2D eigenvalue weighted by Gasteiger charge is -2.08. The van der Waals surface area contributed by atoms with Crippen LogP contribution in [0.1, 0.15) is 40.0 Å². The van der Waals surface area contributed by atoms with Crippen LogP contribution >= 0.6 is 0 Å². The molecule has 0 aromatic rings. The number of aliphatic imine (C=N–C) groups is 1. The Morgan fingerprint density at radius 1 is 1.25 bits per heavy atom. The molecule has 0 fully saturated rings. The van der Waals surface area contributed by atoms with E-state index in [1.165, 1.54) is 19.3 Å². The van der Waals surface area contributed by atoms with Gasteiger partial charge in [0.2, 0.25) is 6.08 Å². The van der Waals surface area contributed by atoms with Crippen LogP contribution in [-0.4, -0.2) is 12.6 Å². The van der Waals surface area contributed by atoms with Gasteiger partial charge in [-0.1, -0.05) is 33.6 Å². The van der Waals surface area contributed by atoms with Crippen molar-refractivity contribution in [2.75, 3.05) is 6.54 Å². The third kappa shape index (κ3) is 7.49. The van der Waals surface area contributed by atoms with Crippen LogP contribution in [-0.2, 0) is 4.79 Å². The van der Waals surface area contributed by atoms with E-state index in [0.717, 1.165) is 5.92 Å². The Morgan fingerprint density at radius 3 is 2.42 bits per heavy atom. The van der Waals surface area contributed by atoms with Crippen molar-refractivity contribution in [2.24, 2.45) is 16.8 Å². The van der Waals surface area contributed by atoms with Gasteiger partial charge in [0.25, 0.3) is 0 Å². The number of hydrogen-bond acceptors (Lipinski definition) is 2. The molecule has 0 aliphatic carbocycles. The van der Waals surface area contributed by atoms with E-state index < -0.39 is 0 Å². The van der Waals surface area contributed by atoms with Crippen molar-refractivity contribution in [3.8, 4) is 0 Å². The summed E-state index contributed by atoms with van der Waals surface area (Å²) < 4.78 is 0. The monoisotopic (exact) mass is 169 g/mol. The lowest BCUT2D eigenvalue weighted by atomic mass is 10.00. The van der Waals surface area contributed by atoms with Crippen molar-refractivity contribution in [1.82, 2.24) is 0 Å². The molecule has 0 unspecified atom stereocenters. The Morgan fingerprint density at radius 2 is 1.92 bits per heavy atom. The lowest BCUT2D eigenvalue weighted by molar-refractivity contribution is 0.462. The zero-order valence-electron chi connectivity index (χ0n) is 8.34. The minimum atomic E-state index is 0.533. The minimum Gasteiger partial charge on any atom is -0.211 e. The van der Waals surface area contributed by atoms with Gasteiger partial charge in [0.05, 0.1) is 6.54 Å². The molecule has 70 valence electrons. The van der Waals surface area contributed by atoms with Gasteiger partial charge in [0, 0.05) is 0 Å². The highest BCUT2D eigenvalue weighted by Crippen LogP contribution is 2.12. The molecule has 0 aliphatic heterocycles. The normalized spacial score (nSPS) is 12.7. The predicted molar refractivity (Wildman–Crippen MR) is 50.8 cm³/mol. The summed E-state index contributed by atoms with van der Waals surface area (Å²) in [6.07, 6.45) is 5.26. The number of rotatable bonds is 6. The summed E-state index contributed by atoms with van der Waals surface area (Å²) in [5, 5.41) is 0. The van der Waals surface area contributed by atoms with Crippen molar-refractivity contribution in [1.29, 1.82) is 0 Å². The molecule has 0 spiro atoms. The smallest absolute Gasteiger partial charge is 0.211 e. The third-order valence-corrected chi connectivity index (χ3v) is 1.95. The molecule has 0 amide bonds. The second-order valence-corrected chi connectivity index (χ2v) is 3.86. The molecular weight excluding hydrogens is 150 g/mol. The Bertz CT molecular complexity index is 148. The molecule has 0 heterocycles. The SMILES string of the molecule is CC(C)CCC[C@H](C)CN=C=O. The second-order valence-electron chi connectivity index (χ2n) is 3.86. The highest BCUT2D eigenvalue weighted by atomic mass is 16.1. The second kappa shape index (κ2) is 7.05. The Hall–Kier alpha value is -0.620. The van der Waals surface area contributed by atoms with Crippen LogP contribution in [0.3, 0.4) is 0 Å². The molecule has 0 saturated heterocycles. The maximum absolute atomic E-state index is 9.80. The van der Waals surface area contributed by atoms with Gasteiger partial charge in [-0.05, 0) is 18.3 Å². The summed E-state index contributed by atoms with van der Waals surface area (Å²) in [4.78, 5) is 13.4. The fourth-order valence-corrected chi connectivity index (χ4v) is 1.16. The standard InChI is InChI=1S/C10H19NO/c1-9(2)5-4-6-10(3)7-11-8-12/h9-10H,4-7H2,1-3H3/t10-/m0/s1. The molecular formula is C10H19NO. The van der Waals surface area contributed by atoms with Crippen LogP contribution < -0.4 is 0 Å².